The highest BCUT2D eigenvalue weighted by Gasteiger charge is 2.16. The van der Waals surface area contributed by atoms with Gasteiger partial charge in [0.1, 0.15) is 12.4 Å². The summed E-state index contributed by atoms with van der Waals surface area (Å²) < 4.78 is 5.18. The van der Waals surface area contributed by atoms with Gasteiger partial charge < -0.3 is 0 Å². The van der Waals surface area contributed by atoms with Gasteiger partial charge in [0.05, 0.1) is 13.1 Å². The molecule has 2 nitrogen and oxygen atoms in total. The molecule has 0 fully saturated rings. The summed E-state index contributed by atoms with van der Waals surface area (Å²) in [5.41, 5.74) is 0. The minimum atomic E-state index is 1.22. The van der Waals surface area contributed by atoms with Crippen molar-refractivity contribution < 1.29 is 4.57 Å². The van der Waals surface area contributed by atoms with Gasteiger partial charge in [-0.15, -0.1) is 0 Å². The van der Waals surface area contributed by atoms with Crippen LogP contribution in [0.1, 0.15) is 155 Å². The minimum Gasteiger partial charge on any atom is -0.234 e. The normalized spacial score (nSPS) is 11.5. The van der Waals surface area contributed by atoms with Crippen LogP contribution in [0.2, 0.25) is 0 Å². The lowest BCUT2D eigenvalue weighted by Crippen LogP contribution is -2.37. The molecule has 31 heavy (non-hydrogen) atoms. The molecule has 0 amide bonds. The minimum absolute atomic E-state index is 1.22. The Balaban J connectivity index is 2.33. The molecule has 0 saturated carbocycles. The van der Waals surface area contributed by atoms with E-state index in [4.69, 9.17) is 0 Å². The molecular formula is C29H57N2+. The molecule has 1 heterocycles. The highest BCUT2D eigenvalue weighted by Crippen LogP contribution is 2.13. The molecule has 1 aromatic heterocycles. The summed E-state index contributed by atoms with van der Waals surface area (Å²) in [6.45, 7) is 9.36. The molecule has 0 atom stereocenters. The van der Waals surface area contributed by atoms with Gasteiger partial charge >= 0.3 is 0 Å². The van der Waals surface area contributed by atoms with Crippen molar-refractivity contribution in [3.63, 3.8) is 0 Å². The molecular weight excluding hydrogens is 376 g/mol. The van der Waals surface area contributed by atoms with Crippen LogP contribution in [0.25, 0.3) is 0 Å². The van der Waals surface area contributed by atoms with Gasteiger partial charge in [-0.3, -0.25) is 0 Å². The number of unbranched alkanes of at least 4 members (excludes halogenated alkanes) is 17. The van der Waals surface area contributed by atoms with E-state index in [1.54, 1.807) is 5.82 Å². The van der Waals surface area contributed by atoms with Crippen LogP contribution >= 0.6 is 0 Å². The third-order valence-electron chi connectivity index (χ3n) is 6.85. The van der Waals surface area contributed by atoms with Gasteiger partial charge in [0.15, 0.2) is 0 Å². The van der Waals surface area contributed by atoms with Gasteiger partial charge in [-0.2, -0.15) is 0 Å². The van der Waals surface area contributed by atoms with E-state index in [1.807, 2.05) is 0 Å². The van der Waals surface area contributed by atoms with Gasteiger partial charge in [0.2, 0.25) is 0 Å². The molecule has 0 saturated heterocycles. The lowest BCUT2D eigenvalue weighted by Gasteiger charge is -2.07. The molecule has 1 rings (SSSR count). The third-order valence-corrected chi connectivity index (χ3v) is 6.85. The van der Waals surface area contributed by atoms with Gasteiger partial charge in [0, 0.05) is 6.42 Å². The first kappa shape index (κ1) is 28.2. The third kappa shape index (κ3) is 14.8. The molecule has 0 aliphatic carbocycles. The van der Waals surface area contributed by atoms with Crippen LogP contribution < -0.4 is 4.57 Å². The second kappa shape index (κ2) is 21.1. The van der Waals surface area contributed by atoms with Crippen LogP contribution in [0.5, 0.6) is 0 Å². The van der Waals surface area contributed by atoms with Gasteiger partial charge in [-0.1, -0.05) is 117 Å². The molecule has 0 aliphatic heterocycles. The topological polar surface area (TPSA) is 8.81 Å². The maximum atomic E-state index is 2.59. The summed E-state index contributed by atoms with van der Waals surface area (Å²) in [6.07, 6.45) is 34.0. The Labute approximate surface area is 196 Å². The number of hydrogen-bond acceptors (Lipinski definition) is 0. The predicted octanol–water partition coefficient (Wildman–Crippen LogP) is 9.18. The average molecular weight is 434 g/mol. The van der Waals surface area contributed by atoms with E-state index in [2.05, 4.69) is 42.3 Å². The van der Waals surface area contributed by atoms with E-state index in [9.17, 15) is 0 Å². The van der Waals surface area contributed by atoms with Crippen LogP contribution in [0.15, 0.2) is 12.4 Å². The molecule has 2 heteroatoms. The Bertz CT molecular complexity index is 491. The first-order chi connectivity index (χ1) is 15.3. The Hall–Kier alpha value is -0.790. The summed E-state index contributed by atoms with van der Waals surface area (Å²) >= 11 is 0. The predicted molar refractivity (Wildman–Crippen MR) is 138 cm³/mol. The SMILES string of the molecule is CCCCCCCCCCCCn1cc[n+](CCCCCCC)c1CCCCCCC. The summed E-state index contributed by atoms with van der Waals surface area (Å²) in [5, 5.41) is 0. The number of hydrogen-bond donors (Lipinski definition) is 0. The van der Waals surface area contributed by atoms with E-state index in [0.29, 0.717) is 0 Å². The lowest BCUT2D eigenvalue weighted by molar-refractivity contribution is -0.704. The number of nitrogens with zero attached hydrogens (tertiary/aromatic N) is 2. The van der Waals surface area contributed by atoms with Crippen molar-refractivity contribution in [2.75, 3.05) is 0 Å². The smallest absolute Gasteiger partial charge is 0.234 e. The van der Waals surface area contributed by atoms with Crippen molar-refractivity contribution in [2.45, 2.75) is 169 Å². The quantitative estimate of drug-likeness (QED) is 0.120. The van der Waals surface area contributed by atoms with E-state index in [1.165, 1.54) is 148 Å². The van der Waals surface area contributed by atoms with Crippen molar-refractivity contribution in [3.05, 3.63) is 18.2 Å². The highest BCUT2D eigenvalue weighted by molar-refractivity contribution is 4.84. The molecule has 0 bridgehead atoms. The van der Waals surface area contributed by atoms with Crippen molar-refractivity contribution >= 4 is 0 Å². The van der Waals surface area contributed by atoms with E-state index < -0.39 is 0 Å². The summed E-state index contributed by atoms with van der Waals surface area (Å²) in [4.78, 5) is 0. The first-order valence-corrected chi connectivity index (χ1v) is 14.4. The monoisotopic (exact) mass is 433 g/mol. The fourth-order valence-electron chi connectivity index (χ4n) is 4.73. The molecule has 0 aromatic carbocycles. The van der Waals surface area contributed by atoms with Crippen LogP contribution in [-0.2, 0) is 19.5 Å². The molecule has 1 aromatic rings. The van der Waals surface area contributed by atoms with Crippen molar-refractivity contribution in [1.82, 2.24) is 4.57 Å². The zero-order valence-corrected chi connectivity index (χ0v) is 21.8. The van der Waals surface area contributed by atoms with Gasteiger partial charge in [0.25, 0.3) is 5.82 Å². The molecule has 0 radical (unpaired) electrons. The Morgan fingerprint density at radius 2 is 1.00 bits per heavy atom. The number of aryl methyl sites for hydroxylation is 2. The zero-order valence-electron chi connectivity index (χ0n) is 21.8. The van der Waals surface area contributed by atoms with Gasteiger partial charge in [-0.05, 0) is 32.1 Å². The standard InChI is InChI=1S/C29H57N2/c1-4-7-10-13-14-15-16-17-20-23-26-31-28-27-30(25-22-19-12-9-6-3)29(31)24-21-18-11-8-5-2/h27-28H,4-26H2,1-3H3/q+1. The highest BCUT2D eigenvalue weighted by atomic mass is 15.1. The average Bonchev–Trinajstić information content (AvgIpc) is 3.16. The molecule has 0 spiro atoms. The van der Waals surface area contributed by atoms with E-state index in [0.717, 1.165) is 0 Å². The number of aromatic nitrogens is 2. The molecule has 0 unspecified atom stereocenters. The van der Waals surface area contributed by atoms with E-state index >= 15 is 0 Å². The Kier molecular flexibility index (Phi) is 19.2. The molecule has 0 N–H and O–H groups in total. The Morgan fingerprint density at radius 3 is 1.55 bits per heavy atom. The van der Waals surface area contributed by atoms with Crippen LogP contribution in [0.4, 0.5) is 0 Å². The maximum absolute atomic E-state index is 2.59. The molecule has 0 aliphatic rings. The van der Waals surface area contributed by atoms with Crippen LogP contribution in [-0.4, -0.2) is 4.57 Å². The van der Waals surface area contributed by atoms with Gasteiger partial charge in [-0.25, -0.2) is 9.13 Å². The molecule has 182 valence electrons. The summed E-state index contributed by atoms with van der Waals surface area (Å²) in [5.74, 6) is 1.60. The number of imidazole rings is 1. The van der Waals surface area contributed by atoms with Crippen molar-refractivity contribution in [1.29, 1.82) is 0 Å². The zero-order chi connectivity index (χ0) is 22.4. The Morgan fingerprint density at radius 1 is 0.548 bits per heavy atom. The summed E-state index contributed by atoms with van der Waals surface area (Å²) in [6, 6.07) is 0. The van der Waals surface area contributed by atoms with Crippen molar-refractivity contribution in [2.24, 2.45) is 0 Å². The second-order valence-electron chi connectivity index (χ2n) is 9.86. The van der Waals surface area contributed by atoms with Crippen LogP contribution in [0.3, 0.4) is 0 Å². The van der Waals surface area contributed by atoms with Crippen molar-refractivity contribution in [3.8, 4) is 0 Å². The second-order valence-corrected chi connectivity index (χ2v) is 9.86. The first-order valence-electron chi connectivity index (χ1n) is 14.4. The number of rotatable bonds is 23. The van der Waals surface area contributed by atoms with E-state index in [-0.39, 0.29) is 0 Å². The fraction of sp³-hybridized carbons (Fsp3) is 0.897. The maximum Gasteiger partial charge on any atom is 0.256 e. The fourth-order valence-corrected chi connectivity index (χ4v) is 4.73. The van der Waals surface area contributed by atoms with Crippen LogP contribution in [0, 0.1) is 0 Å². The lowest BCUT2D eigenvalue weighted by atomic mass is 10.1. The summed E-state index contributed by atoms with van der Waals surface area (Å²) in [7, 11) is 0. The largest absolute Gasteiger partial charge is 0.256 e.